The van der Waals surface area contributed by atoms with Crippen molar-refractivity contribution in [3.63, 3.8) is 0 Å². The number of aromatic nitrogens is 2. The minimum atomic E-state index is -0.659. The topological polar surface area (TPSA) is 83.8 Å². The van der Waals surface area contributed by atoms with E-state index in [1.807, 2.05) is 31.2 Å². The maximum absolute atomic E-state index is 14.0. The summed E-state index contributed by atoms with van der Waals surface area (Å²) in [6, 6.07) is 11.0. The number of non-ortho nitro benzene ring substituents is 1. The Morgan fingerprint density at radius 3 is 2.78 bits per heavy atom. The molecule has 0 radical (unpaired) electrons. The largest absolute Gasteiger partial charge is 0.373 e. The van der Waals surface area contributed by atoms with E-state index in [-0.39, 0.29) is 17.4 Å². The zero-order valence-corrected chi connectivity index (χ0v) is 12.4. The minimum absolute atomic E-state index is 0.211. The Morgan fingerprint density at radius 1 is 1.35 bits per heavy atom. The molecule has 0 aliphatic carbocycles. The Morgan fingerprint density at radius 2 is 2.13 bits per heavy atom. The van der Waals surface area contributed by atoms with Crippen molar-refractivity contribution in [2.45, 2.75) is 19.4 Å². The predicted molar refractivity (Wildman–Crippen MR) is 85.8 cm³/mol. The average Bonchev–Trinajstić information content (AvgIpc) is 2.97. The molecule has 7 heteroatoms. The quantitative estimate of drug-likeness (QED) is 0.547. The Hall–Kier alpha value is -2.96. The number of nitrogens with one attached hydrogen (secondary N) is 2. The number of rotatable bonds is 5. The molecule has 0 aliphatic heterocycles. The molecule has 3 rings (SSSR count). The Kier molecular flexibility index (Phi) is 3.92. The number of fused-ring (bicyclic) bond motifs is 1. The first-order chi connectivity index (χ1) is 11.1. The molecule has 0 fully saturated rings. The van der Waals surface area contributed by atoms with E-state index < -0.39 is 10.7 Å². The second-order valence-electron chi connectivity index (χ2n) is 5.17. The van der Waals surface area contributed by atoms with E-state index >= 15 is 0 Å². The summed E-state index contributed by atoms with van der Waals surface area (Å²) in [7, 11) is 0. The zero-order chi connectivity index (χ0) is 16.4. The number of halogens is 1. The van der Waals surface area contributed by atoms with Crippen LogP contribution in [0.1, 0.15) is 25.2 Å². The lowest BCUT2D eigenvalue weighted by atomic mass is 10.2. The van der Waals surface area contributed by atoms with Crippen molar-refractivity contribution in [1.29, 1.82) is 0 Å². The van der Waals surface area contributed by atoms with E-state index in [1.54, 1.807) is 0 Å². The Labute approximate surface area is 131 Å². The van der Waals surface area contributed by atoms with Gasteiger partial charge in [0.2, 0.25) is 0 Å². The van der Waals surface area contributed by atoms with Gasteiger partial charge in [-0.1, -0.05) is 19.1 Å². The van der Waals surface area contributed by atoms with Crippen LogP contribution in [-0.2, 0) is 0 Å². The molecule has 0 saturated carbocycles. The van der Waals surface area contributed by atoms with Crippen LogP contribution in [0.15, 0.2) is 42.5 Å². The first-order valence-corrected chi connectivity index (χ1v) is 7.23. The van der Waals surface area contributed by atoms with E-state index in [2.05, 4.69) is 15.3 Å². The maximum Gasteiger partial charge on any atom is 0.272 e. The second kappa shape index (κ2) is 6.04. The van der Waals surface area contributed by atoms with Crippen LogP contribution in [0.4, 0.5) is 15.8 Å². The number of aromatic amines is 1. The number of benzene rings is 2. The van der Waals surface area contributed by atoms with Crippen LogP contribution >= 0.6 is 0 Å². The molecule has 2 aromatic carbocycles. The van der Waals surface area contributed by atoms with Gasteiger partial charge in [-0.15, -0.1) is 0 Å². The van der Waals surface area contributed by atoms with Gasteiger partial charge in [-0.05, 0) is 24.6 Å². The zero-order valence-electron chi connectivity index (χ0n) is 12.4. The number of nitro benzene ring substituents is 1. The fraction of sp³-hybridized carbons (Fsp3) is 0.188. The number of hydrogen-bond acceptors (Lipinski definition) is 4. The number of nitro groups is 1. The lowest BCUT2D eigenvalue weighted by Gasteiger charge is -2.16. The van der Waals surface area contributed by atoms with Gasteiger partial charge in [-0.25, -0.2) is 9.37 Å². The normalized spacial score (nSPS) is 12.3. The summed E-state index contributed by atoms with van der Waals surface area (Å²) in [5, 5.41) is 13.7. The third-order valence-electron chi connectivity index (χ3n) is 3.64. The summed E-state index contributed by atoms with van der Waals surface area (Å²) in [4.78, 5) is 17.8. The standard InChI is InChI=1S/C16H15FN4O2/c1-2-12(16-19-14-5-3-4-6-15(14)20-16)18-13-8-7-10(21(22)23)9-11(13)17/h3-9,12,18H,2H2,1H3,(H,19,20). The third-order valence-corrected chi connectivity index (χ3v) is 3.64. The van der Waals surface area contributed by atoms with E-state index in [4.69, 9.17) is 0 Å². The van der Waals surface area contributed by atoms with Crippen molar-refractivity contribution in [3.8, 4) is 0 Å². The minimum Gasteiger partial charge on any atom is -0.373 e. The Bertz CT molecular complexity index is 829. The van der Waals surface area contributed by atoms with Crippen LogP contribution < -0.4 is 5.32 Å². The van der Waals surface area contributed by atoms with Crippen LogP contribution in [0.5, 0.6) is 0 Å². The van der Waals surface area contributed by atoms with E-state index in [1.165, 1.54) is 12.1 Å². The highest BCUT2D eigenvalue weighted by Gasteiger charge is 2.17. The van der Waals surface area contributed by atoms with Gasteiger partial charge in [0.05, 0.1) is 33.8 Å². The molecule has 0 aliphatic rings. The molecule has 3 aromatic rings. The molecule has 2 N–H and O–H groups in total. The van der Waals surface area contributed by atoms with Gasteiger partial charge in [0, 0.05) is 6.07 Å². The highest BCUT2D eigenvalue weighted by molar-refractivity contribution is 5.75. The van der Waals surface area contributed by atoms with E-state index in [0.29, 0.717) is 12.2 Å². The van der Waals surface area contributed by atoms with Crippen LogP contribution in [0, 0.1) is 15.9 Å². The number of imidazole rings is 1. The summed E-state index contributed by atoms with van der Waals surface area (Å²) in [5.41, 5.74) is 1.69. The molecule has 23 heavy (non-hydrogen) atoms. The van der Waals surface area contributed by atoms with Gasteiger partial charge in [-0.3, -0.25) is 10.1 Å². The van der Waals surface area contributed by atoms with E-state index in [0.717, 1.165) is 17.1 Å². The molecule has 0 bridgehead atoms. The van der Waals surface area contributed by atoms with Gasteiger partial charge in [-0.2, -0.15) is 0 Å². The molecule has 118 valence electrons. The molecule has 1 heterocycles. The highest BCUT2D eigenvalue weighted by Crippen LogP contribution is 2.26. The predicted octanol–water partition coefficient (Wildman–Crippen LogP) is 4.17. The molecular weight excluding hydrogens is 299 g/mol. The number of para-hydroxylation sites is 2. The van der Waals surface area contributed by atoms with Crippen molar-refractivity contribution in [2.75, 3.05) is 5.32 Å². The van der Waals surface area contributed by atoms with Gasteiger partial charge < -0.3 is 10.3 Å². The van der Waals surface area contributed by atoms with Crippen molar-refractivity contribution < 1.29 is 9.31 Å². The summed E-state index contributed by atoms with van der Waals surface area (Å²) in [5.74, 6) is 0.0419. The van der Waals surface area contributed by atoms with Gasteiger partial charge in [0.25, 0.3) is 5.69 Å². The van der Waals surface area contributed by atoms with Crippen molar-refractivity contribution in [1.82, 2.24) is 9.97 Å². The molecule has 1 atom stereocenters. The summed E-state index contributed by atoms with van der Waals surface area (Å²) >= 11 is 0. The van der Waals surface area contributed by atoms with Crippen LogP contribution in [0.2, 0.25) is 0 Å². The average molecular weight is 314 g/mol. The molecule has 0 amide bonds. The molecule has 0 spiro atoms. The first-order valence-electron chi connectivity index (χ1n) is 7.23. The third kappa shape index (κ3) is 2.98. The molecular formula is C16H15FN4O2. The van der Waals surface area contributed by atoms with Crippen molar-refractivity contribution >= 4 is 22.4 Å². The molecule has 1 unspecified atom stereocenters. The molecule has 6 nitrogen and oxygen atoms in total. The smallest absolute Gasteiger partial charge is 0.272 e. The summed E-state index contributed by atoms with van der Waals surface area (Å²) < 4.78 is 14.0. The highest BCUT2D eigenvalue weighted by atomic mass is 19.1. The summed E-state index contributed by atoms with van der Waals surface area (Å²) in [6.45, 7) is 1.95. The van der Waals surface area contributed by atoms with Gasteiger partial charge in [0.15, 0.2) is 5.82 Å². The SMILES string of the molecule is CCC(Nc1ccc([N+](=O)[O-])cc1F)c1nc2ccccc2[nH]1. The lowest BCUT2D eigenvalue weighted by molar-refractivity contribution is -0.385. The van der Waals surface area contributed by atoms with Crippen LogP contribution in [-0.4, -0.2) is 14.9 Å². The first kappa shape index (κ1) is 15.0. The molecule has 0 saturated heterocycles. The lowest BCUT2D eigenvalue weighted by Crippen LogP contribution is -2.12. The number of anilines is 1. The number of nitrogens with zero attached hydrogens (tertiary/aromatic N) is 2. The maximum atomic E-state index is 14.0. The van der Waals surface area contributed by atoms with Crippen molar-refractivity contribution in [2.24, 2.45) is 0 Å². The van der Waals surface area contributed by atoms with E-state index in [9.17, 15) is 14.5 Å². The second-order valence-corrected chi connectivity index (χ2v) is 5.17. The summed E-state index contributed by atoms with van der Waals surface area (Å²) in [6.07, 6.45) is 0.677. The fourth-order valence-corrected chi connectivity index (χ4v) is 2.42. The Balaban J connectivity index is 1.88. The molecule has 1 aromatic heterocycles. The van der Waals surface area contributed by atoms with Crippen LogP contribution in [0.3, 0.4) is 0 Å². The van der Waals surface area contributed by atoms with Gasteiger partial charge in [0.1, 0.15) is 5.82 Å². The van der Waals surface area contributed by atoms with Crippen molar-refractivity contribution in [3.05, 3.63) is 64.2 Å². The number of hydrogen-bond donors (Lipinski definition) is 2. The monoisotopic (exact) mass is 314 g/mol. The van der Waals surface area contributed by atoms with Gasteiger partial charge >= 0.3 is 0 Å². The van der Waals surface area contributed by atoms with Crippen LogP contribution in [0.25, 0.3) is 11.0 Å². The number of H-pyrrole nitrogens is 1. The fourth-order valence-electron chi connectivity index (χ4n) is 2.42.